The van der Waals surface area contributed by atoms with E-state index in [1.54, 1.807) is 121 Å². The molecular formula is C34H27BrO9. The van der Waals surface area contributed by atoms with E-state index < -0.39 is 53.3 Å². The van der Waals surface area contributed by atoms with E-state index in [2.05, 4.69) is 15.9 Å². The summed E-state index contributed by atoms with van der Waals surface area (Å²) in [7, 11) is 0. The third-order valence-electron chi connectivity index (χ3n) is 6.72. The van der Waals surface area contributed by atoms with E-state index in [4.69, 9.17) is 23.7 Å². The summed E-state index contributed by atoms with van der Waals surface area (Å²) in [5.41, 5.74) is 0.994. The highest BCUT2D eigenvalue weighted by Crippen LogP contribution is 2.33. The van der Waals surface area contributed by atoms with Crippen molar-refractivity contribution in [3.63, 3.8) is 0 Å². The summed E-state index contributed by atoms with van der Waals surface area (Å²) >= 11 is 3.40. The molecule has 0 spiro atoms. The topological polar surface area (TPSA) is 114 Å². The number of carbonyl (C=O) groups excluding carboxylic acids is 4. The summed E-state index contributed by atoms with van der Waals surface area (Å²) in [6, 6.07) is 32.9. The van der Waals surface area contributed by atoms with Gasteiger partial charge in [0.15, 0.2) is 23.3 Å². The fourth-order valence-electron chi connectivity index (χ4n) is 4.51. The zero-order valence-electron chi connectivity index (χ0n) is 23.2. The van der Waals surface area contributed by atoms with E-state index in [0.29, 0.717) is 5.56 Å². The van der Waals surface area contributed by atoms with Gasteiger partial charge in [0.2, 0.25) is 0 Å². The molecule has 5 rings (SSSR count). The van der Waals surface area contributed by atoms with Crippen LogP contribution in [0.4, 0.5) is 0 Å². The van der Waals surface area contributed by atoms with Gasteiger partial charge in [0, 0.05) is 0 Å². The quantitative estimate of drug-likeness (QED) is 0.128. The molecule has 0 aromatic heterocycles. The lowest BCUT2D eigenvalue weighted by Gasteiger charge is -2.43. The van der Waals surface area contributed by atoms with Crippen LogP contribution < -0.4 is 0 Å². The molecule has 9 nitrogen and oxygen atoms in total. The minimum absolute atomic E-state index is 0.221. The first-order valence-corrected chi connectivity index (χ1v) is 14.6. The molecule has 0 saturated carbocycles. The Bertz CT molecular complexity index is 1570. The van der Waals surface area contributed by atoms with Gasteiger partial charge in [-0.3, -0.25) is 0 Å². The van der Waals surface area contributed by atoms with Crippen LogP contribution in [0.15, 0.2) is 121 Å². The average molecular weight is 659 g/mol. The Labute approximate surface area is 261 Å². The molecule has 224 valence electrons. The number of hydrogen-bond donors (Lipinski definition) is 0. The second kappa shape index (κ2) is 14.6. The molecule has 1 aliphatic heterocycles. The van der Waals surface area contributed by atoms with Crippen molar-refractivity contribution in [2.45, 2.75) is 29.4 Å². The van der Waals surface area contributed by atoms with E-state index in [-0.39, 0.29) is 23.3 Å². The van der Waals surface area contributed by atoms with Crippen LogP contribution >= 0.6 is 15.9 Å². The molecular weight excluding hydrogens is 632 g/mol. The van der Waals surface area contributed by atoms with E-state index in [0.717, 1.165) is 0 Å². The first-order valence-electron chi connectivity index (χ1n) is 13.7. The van der Waals surface area contributed by atoms with Crippen LogP contribution in [-0.4, -0.2) is 59.9 Å². The maximum atomic E-state index is 13.3. The highest BCUT2D eigenvalue weighted by atomic mass is 79.9. The van der Waals surface area contributed by atoms with Gasteiger partial charge in [-0.15, -0.1) is 0 Å². The van der Waals surface area contributed by atoms with Crippen LogP contribution in [0, 0.1) is 0 Å². The Morgan fingerprint density at radius 3 is 1.25 bits per heavy atom. The first-order chi connectivity index (χ1) is 21.4. The van der Waals surface area contributed by atoms with Gasteiger partial charge in [0.05, 0.1) is 22.3 Å². The fraction of sp³-hybridized carbons (Fsp3) is 0.176. The van der Waals surface area contributed by atoms with Gasteiger partial charge in [-0.2, -0.15) is 0 Å². The summed E-state index contributed by atoms with van der Waals surface area (Å²) in [5, 5.41) is -1.05. The molecule has 0 radical (unpaired) electrons. The highest BCUT2D eigenvalue weighted by Gasteiger charge is 2.52. The van der Waals surface area contributed by atoms with Crippen molar-refractivity contribution in [3.8, 4) is 0 Å². The van der Waals surface area contributed by atoms with E-state index in [1.165, 1.54) is 0 Å². The lowest BCUT2D eigenvalue weighted by atomic mass is 9.99. The second-order valence-corrected chi connectivity index (χ2v) is 10.6. The van der Waals surface area contributed by atoms with Crippen molar-refractivity contribution in [3.05, 3.63) is 144 Å². The molecule has 10 heteroatoms. The third-order valence-corrected chi connectivity index (χ3v) is 7.46. The Kier molecular flexibility index (Phi) is 10.2. The predicted octanol–water partition coefficient (Wildman–Crippen LogP) is 5.64. The average Bonchev–Trinajstić information content (AvgIpc) is 3.07. The van der Waals surface area contributed by atoms with Gasteiger partial charge in [0.25, 0.3) is 0 Å². The number of ether oxygens (including phenoxy) is 5. The van der Waals surface area contributed by atoms with Crippen LogP contribution in [0.5, 0.6) is 0 Å². The molecule has 0 unspecified atom stereocenters. The smallest absolute Gasteiger partial charge is 0.338 e. The zero-order chi connectivity index (χ0) is 30.9. The molecule has 1 fully saturated rings. The summed E-state index contributed by atoms with van der Waals surface area (Å²) in [6.45, 7) is -0.374. The lowest BCUT2D eigenvalue weighted by Crippen LogP contribution is -2.61. The standard InChI is InChI=1S/C34H27BrO9/c35-30-29(44-34(39)25-19-11-4-12-20-25)28(43-33(38)24-17-9-3-10-18-24)27(42-32(37)23-15-7-2-8-16-23)26(41-30)21-40-31(36)22-13-5-1-6-14-22/h1-20,26-30H,21H2/t26-,27-,28+,29+,30-/m1/s1. The van der Waals surface area contributed by atoms with Crippen LogP contribution in [0.2, 0.25) is 0 Å². The number of hydrogen-bond acceptors (Lipinski definition) is 9. The number of rotatable bonds is 9. The largest absolute Gasteiger partial charge is 0.459 e. The minimum Gasteiger partial charge on any atom is -0.459 e. The molecule has 44 heavy (non-hydrogen) atoms. The maximum Gasteiger partial charge on any atom is 0.338 e. The molecule has 0 N–H and O–H groups in total. The fourth-order valence-corrected chi connectivity index (χ4v) is 5.20. The van der Waals surface area contributed by atoms with Gasteiger partial charge >= 0.3 is 23.9 Å². The Morgan fingerprint density at radius 1 is 0.500 bits per heavy atom. The molecule has 0 bridgehead atoms. The molecule has 5 atom stereocenters. The van der Waals surface area contributed by atoms with Gasteiger partial charge in [-0.05, 0) is 48.5 Å². The number of alkyl halides is 1. The van der Waals surface area contributed by atoms with Crippen molar-refractivity contribution >= 4 is 39.8 Å². The molecule has 1 aliphatic rings. The van der Waals surface area contributed by atoms with Crippen LogP contribution in [-0.2, 0) is 23.7 Å². The number of esters is 4. The zero-order valence-corrected chi connectivity index (χ0v) is 24.8. The SMILES string of the molecule is O=C(OC[C@H]1O[C@@H](Br)[C@@H](OC(=O)c2ccccc2)[C@@H](OC(=O)c2ccccc2)[C@@H]1OC(=O)c1ccccc1)c1ccccc1. The first kappa shape index (κ1) is 30.7. The summed E-state index contributed by atoms with van der Waals surface area (Å²) < 4.78 is 29.3. The molecule has 1 heterocycles. The van der Waals surface area contributed by atoms with Crippen molar-refractivity contribution < 1.29 is 42.9 Å². The monoisotopic (exact) mass is 658 g/mol. The van der Waals surface area contributed by atoms with E-state index >= 15 is 0 Å². The van der Waals surface area contributed by atoms with E-state index in [9.17, 15) is 19.2 Å². The van der Waals surface area contributed by atoms with Gasteiger partial charge < -0.3 is 23.7 Å². The Hall–Kier alpha value is -4.80. The molecule has 4 aromatic rings. The number of benzene rings is 4. The molecule has 0 amide bonds. The second-order valence-electron chi connectivity index (χ2n) is 9.70. The van der Waals surface area contributed by atoms with E-state index in [1.807, 2.05) is 0 Å². The maximum absolute atomic E-state index is 13.3. The van der Waals surface area contributed by atoms with Crippen molar-refractivity contribution in [2.75, 3.05) is 6.61 Å². The number of halogens is 1. The highest BCUT2D eigenvalue weighted by molar-refractivity contribution is 9.09. The summed E-state index contributed by atoms with van der Waals surface area (Å²) in [4.78, 5) is 52.6. The predicted molar refractivity (Wildman–Crippen MR) is 161 cm³/mol. The van der Waals surface area contributed by atoms with Crippen LogP contribution in [0.3, 0.4) is 0 Å². The molecule has 0 aliphatic carbocycles. The normalized spacial score (nSPS) is 21.0. The Morgan fingerprint density at radius 2 is 0.841 bits per heavy atom. The van der Waals surface area contributed by atoms with Crippen molar-refractivity contribution in [2.24, 2.45) is 0 Å². The lowest BCUT2D eigenvalue weighted by molar-refractivity contribution is -0.205. The van der Waals surface area contributed by atoms with Crippen molar-refractivity contribution in [1.29, 1.82) is 0 Å². The van der Waals surface area contributed by atoms with Crippen LogP contribution in [0.1, 0.15) is 41.4 Å². The van der Waals surface area contributed by atoms with Gasteiger partial charge in [-0.25, -0.2) is 19.2 Å². The summed E-state index contributed by atoms with van der Waals surface area (Å²) in [5.74, 6) is -2.85. The minimum atomic E-state index is -1.37. The van der Waals surface area contributed by atoms with Crippen LogP contribution in [0.25, 0.3) is 0 Å². The van der Waals surface area contributed by atoms with Gasteiger partial charge in [0.1, 0.15) is 12.7 Å². The molecule has 4 aromatic carbocycles. The summed E-state index contributed by atoms with van der Waals surface area (Å²) in [6.07, 6.45) is -5.13. The number of carbonyl (C=O) groups is 4. The Balaban J connectivity index is 1.48. The van der Waals surface area contributed by atoms with Crippen molar-refractivity contribution in [1.82, 2.24) is 0 Å². The van der Waals surface area contributed by atoms with Gasteiger partial charge in [-0.1, -0.05) is 88.7 Å². The third kappa shape index (κ3) is 7.58. The molecule has 1 saturated heterocycles.